The lowest BCUT2D eigenvalue weighted by Crippen LogP contribution is -1.80. The smallest absolute Gasteiger partial charge is 0.123 e. The zero-order valence-corrected chi connectivity index (χ0v) is 19.5. The fourth-order valence-electron chi connectivity index (χ4n) is 4.36. The average molecular weight is 442 g/mol. The molecule has 0 saturated carbocycles. The molecule has 0 aliphatic carbocycles. The summed E-state index contributed by atoms with van der Waals surface area (Å²) in [4.78, 5) is 5.93. The van der Waals surface area contributed by atoms with E-state index in [4.69, 9.17) is 4.98 Å². The van der Waals surface area contributed by atoms with E-state index in [1.807, 2.05) is 6.20 Å². The lowest BCUT2D eigenvalue weighted by atomic mass is 10.0. The van der Waals surface area contributed by atoms with E-state index in [0.29, 0.717) is 0 Å². The highest BCUT2D eigenvalue weighted by molar-refractivity contribution is 7.18. The monoisotopic (exact) mass is 441 g/mol. The molecule has 0 atom stereocenters. The van der Waals surface area contributed by atoms with Gasteiger partial charge in [0.1, 0.15) is 5.01 Å². The minimum Gasteiger partial charge on any atom is -0.244 e. The van der Waals surface area contributed by atoms with Crippen molar-refractivity contribution in [3.05, 3.63) is 114 Å². The van der Waals surface area contributed by atoms with Crippen LogP contribution in [0, 0.1) is 13.8 Å². The van der Waals surface area contributed by atoms with Crippen molar-refractivity contribution >= 4 is 32.9 Å². The predicted octanol–water partition coefficient (Wildman–Crippen LogP) is 9.07. The zero-order chi connectivity index (χ0) is 22.4. The van der Waals surface area contributed by atoms with Crippen molar-refractivity contribution in [3.63, 3.8) is 0 Å². The van der Waals surface area contributed by atoms with Crippen molar-refractivity contribution in [1.82, 2.24) is 4.98 Å². The molecule has 0 saturated heterocycles. The van der Waals surface area contributed by atoms with Crippen LogP contribution in [0.4, 0.5) is 0 Å². The van der Waals surface area contributed by atoms with Gasteiger partial charge in [-0.15, -0.1) is 11.3 Å². The molecule has 1 nitrogen and oxygen atoms in total. The van der Waals surface area contributed by atoms with Gasteiger partial charge < -0.3 is 0 Å². The van der Waals surface area contributed by atoms with Gasteiger partial charge in [-0.1, -0.05) is 90.0 Å². The van der Waals surface area contributed by atoms with Crippen molar-refractivity contribution in [3.8, 4) is 32.1 Å². The molecule has 0 aliphatic heterocycles. The molecule has 158 valence electrons. The van der Waals surface area contributed by atoms with Crippen LogP contribution in [0.5, 0.6) is 0 Å². The Hall–Kier alpha value is -3.75. The molecule has 1 heterocycles. The number of rotatable bonds is 3. The van der Waals surface area contributed by atoms with Gasteiger partial charge in [-0.3, -0.25) is 0 Å². The van der Waals surface area contributed by atoms with Crippen LogP contribution in [0.15, 0.2) is 103 Å². The van der Waals surface area contributed by atoms with Crippen LogP contribution in [0.25, 0.3) is 53.7 Å². The molecule has 33 heavy (non-hydrogen) atoms. The molecule has 0 aliphatic rings. The number of aromatic nitrogens is 1. The summed E-state index contributed by atoms with van der Waals surface area (Å²) in [5, 5.41) is 6.16. The molecule has 6 aromatic rings. The molecular weight excluding hydrogens is 418 g/mol. The fraction of sp³-hybridized carbons (Fsp3) is 0.0645. The summed E-state index contributed by atoms with van der Waals surface area (Å²) in [5.74, 6) is 0. The molecule has 0 N–H and O–H groups in total. The normalized spacial score (nSPS) is 11.3. The zero-order valence-electron chi connectivity index (χ0n) is 18.7. The second kappa shape index (κ2) is 7.99. The maximum atomic E-state index is 4.74. The van der Waals surface area contributed by atoms with Crippen molar-refractivity contribution in [2.45, 2.75) is 13.8 Å². The van der Waals surface area contributed by atoms with Gasteiger partial charge in [0, 0.05) is 11.8 Å². The first kappa shape index (κ1) is 19.9. The maximum absolute atomic E-state index is 4.74. The summed E-state index contributed by atoms with van der Waals surface area (Å²) in [5.41, 5.74) is 7.42. The summed E-state index contributed by atoms with van der Waals surface area (Å²) in [6.45, 7) is 4.26. The molecule has 0 spiro atoms. The lowest BCUT2D eigenvalue weighted by Gasteiger charge is -2.05. The Balaban J connectivity index is 1.31. The van der Waals surface area contributed by atoms with Crippen molar-refractivity contribution in [2.24, 2.45) is 0 Å². The second-order valence-electron chi connectivity index (χ2n) is 8.74. The third kappa shape index (κ3) is 3.83. The van der Waals surface area contributed by atoms with E-state index in [1.165, 1.54) is 54.2 Å². The van der Waals surface area contributed by atoms with Gasteiger partial charge in [0.25, 0.3) is 0 Å². The van der Waals surface area contributed by atoms with Gasteiger partial charge in [-0.25, -0.2) is 4.98 Å². The van der Waals surface area contributed by atoms with Crippen molar-refractivity contribution in [2.75, 3.05) is 0 Å². The SMILES string of the molecule is Cc1ccc(-c2ccc(-c3ncc(-c4ccc5cc6cc(C)ccc6cc5c4)s3)cc2)cc1. The number of nitrogens with zero attached hydrogens (tertiary/aromatic N) is 1. The van der Waals surface area contributed by atoms with Gasteiger partial charge in [0.15, 0.2) is 0 Å². The Bertz CT molecular complexity index is 1610. The third-order valence-electron chi connectivity index (χ3n) is 6.26. The van der Waals surface area contributed by atoms with E-state index in [1.54, 1.807) is 11.3 Å². The average Bonchev–Trinajstić information content (AvgIpc) is 3.33. The summed E-state index contributed by atoms with van der Waals surface area (Å²) >= 11 is 1.75. The Morgan fingerprint density at radius 1 is 0.485 bits per heavy atom. The standard InChI is InChI=1S/C31H23NS/c1-20-3-6-22(7-4-20)23-9-11-24(12-10-23)31-32-19-30(33-31)27-14-13-26-16-28-15-21(2)5-8-25(28)17-29(26)18-27/h3-19H,1-2H3. The largest absolute Gasteiger partial charge is 0.244 e. The van der Waals surface area contributed by atoms with Crippen LogP contribution in [0.2, 0.25) is 0 Å². The molecule has 6 rings (SSSR count). The fourth-order valence-corrected chi connectivity index (χ4v) is 5.28. The molecule has 0 amide bonds. The number of fused-ring (bicyclic) bond motifs is 2. The van der Waals surface area contributed by atoms with Gasteiger partial charge in [0.05, 0.1) is 4.88 Å². The number of hydrogen-bond acceptors (Lipinski definition) is 2. The van der Waals surface area contributed by atoms with E-state index >= 15 is 0 Å². The van der Waals surface area contributed by atoms with Crippen molar-refractivity contribution < 1.29 is 0 Å². The van der Waals surface area contributed by atoms with Crippen LogP contribution >= 0.6 is 11.3 Å². The predicted molar refractivity (Wildman–Crippen MR) is 143 cm³/mol. The molecule has 5 aromatic carbocycles. The van der Waals surface area contributed by atoms with Crippen LogP contribution < -0.4 is 0 Å². The minimum absolute atomic E-state index is 1.05. The Morgan fingerprint density at radius 2 is 1.03 bits per heavy atom. The summed E-state index contributed by atoms with van der Waals surface area (Å²) in [7, 11) is 0. The van der Waals surface area contributed by atoms with Crippen LogP contribution in [-0.4, -0.2) is 4.98 Å². The number of benzene rings is 5. The molecule has 0 fully saturated rings. The lowest BCUT2D eigenvalue weighted by molar-refractivity contribution is 1.41. The summed E-state index contributed by atoms with van der Waals surface area (Å²) in [6, 6.07) is 35.3. The first-order valence-electron chi connectivity index (χ1n) is 11.2. The van der Waals surface area contributed by atoms with Gasteiger partial charge >= 0.3 is 0 Å². The first-order valence-corrected chi connectivity index (χ1v) is 12.0. The van der Waals surface area contributed by atoms with Crippen LogP contribution in [0.3, 0.4) is 0 Å². The quantitative estimate of drug-likeness (QED) is 0.250. The van der Waals surface area contributed by atoms with Crippen LogP contribution in [-0.2, 0) is 0 Å². The number of hydrogen-bond donors (Lipinski definition) is 0. The molecule has 0 bridgehead atoms. The van der Waals surface area contributed by atoms with E-state index < -0.39 is 0 Å². The number of aryl methyl sites for hydroxylation is 2. The molecule has 0 unspecified atom stereocenters. The highest BCUT2D eigenvalue weighted by Crippen LogP contribution is 2.35. The highest BCUT2D eigenvalue weighted by atomic mass is 32.1. The van der Waals surface area contributed by atoms with Gasteiger partial charge in [0.2, 0.25) is 0 Å². The van der Waals surface area contributed by atoms with E-state index in [0.717, 1.165) is 10.6 Å². The summed E-state index contributed by atoms with van der Waals surface area (Å²) < 4.78 is 0. The van der Waals surface area contributed by atoms with E-state index in [-0.39, 0.29) is 0 Å². The molecular formula is C31H23NS. The Labute approximate surface area is 198 Å². The topological polar surface area (TPSA) is 12.9 Å². The molecule has 2 heteroatoms. The maximum Gasteiger partial charge on any atom is 0.123 e. The Kier molecular flexibility index (Phi) is 4.82. The third-order valence-corrected chi connectivity index (χ3v) is 7.35. The first-order chi connectivity index (χ1) is 16.1. The number of thiazole rings is 1. The van der Waals surface area contributed by atoms with E-state index in [9.17, 15) is 0 Å². The van der Waals surface area contributed by atoms with Crippen molar-refractivity contribution in [1.29, 1.82) is 0 Å². The van der Waals surface area contributed by atoms with Gasteiger partial charge in [-0.2, -0.15) is 0 Å². The molecule has 1 aromatic heterocycles. The summed E-state index contributed by atoms with van der Waals surface area (Å²) in [6.07, 6.45) is 2.00. The minimum atomic E-state index is 1.05. The van der Waals surface area contributed by atoms with Crippen LogP contribution in [0.1, 0.15) is 11.1 Å². The molecule has 0 radical (unpaired) electrons. The Morgan fingerprint density at radius 3 is 1.76 bits per heavy atom. The highest BCUT2D eigenvalue weighted by Gasteiger charge is 2.09. The van der Waals surface area contributed by atoms with E-state index in [2.05, 4.69) is 111 Å². The second-order valence-corrected chi connectivity index (χ2v) is 9.77. The van der Waals surface area contributed by atoms with Gasteiger partial charge in [-0.05, 0) is 70.3 Å².